The number of rotatable bonds is 11. The summed E-state index contributed by atoms with van der Waals surface area (Å²) < 4.78 is 49.6. The molecule has 0 amide bonds. The minimum Gasteiger partial charge on any atom is -0.467 e. The molecular formula is C34H44O11. The Hall–Kier alpha value is -2.45. The third-order valence-electron chi connectivity index (χ3n) is 8.99. The summed E-state index contributed by atoms with van der Waals surface area (Å²) in [5.41, 5.74) is 2.15. The van der Waals surface area contributed by atoms with Crippen LogP contribution < -0.4 is 0 Å². The number of aliphatic hydroxyl groups is 2. The van der Waals surface area contributed by atoms with E-state index in [0.717, 1.165) is 18.2 Å². The predicted molar refractivity (Wildman–Crippen MR) is 159 cm³/mol. The molecule has 0 aromatic heterocycles. The molecular weight excluding hydrogens is 584 g/mol. The Morgan fingerprint density at radius 3 is 2.13 bits per heavy atom. The summed E-state index contributed by atoms with van der Waals surface area (Å²) in [7, 11) is 1.16. The standard InChI is InChI=1S/C34H44O11/c1-34(2)44-31-26(14-22(35)29(36)33(37)38-3)42-27-16-24-25(43-30(27)32(31)45-34)15-23(40-18-21-12-8-5-9-13-21)28(41-24)19-39-17-20-10-6-4-7-11-20/h4-13,22-32,35-36H,14-19H2,1-3H3/t22-,23-,24-,25+,26-,27+,28+,29+,30+,31-,32+/m0/s1. The number of esters is 1. The van der Waals surface area contributed by atoms with Crippen LogP contribution in [0.2, 0.25) is 0 Å². The van der Waals surface area contributed by atoms with Gasteiger partial charge < -0.3 is 48.1 Å². The fourth-order valence-corrected chi connectivity index (χ4v) is 6.82. The first kappa shape index (κ1) is 32.5. The Morgan fingerprint density at radius 1 is 0.822 bits per heavy atom. The predicted octanol–water partition coefficient (Wildman–Crippen LogP) is 2.68. The number of benzene rings is 2. The average molecular weight is 629 g/mol. The van der Waals surface area contributed by atoms with Crippen molar-refractivity contribution in [1.29, 1.82) is 0 Å². The van der Waals surface area contributed by atoms with E-state index >= 15 is 0 Å². The lowest BCUT2D eigenvalue weighted by Gasteiger charge is -2.52. The Balaban J connectivity index is 1.16. The smallest absolute Gasteiger partial charge is 0.337 e. The normalized spacial score (nSPS) is 35.0. The Kier molecular flexibility index (Phi) is 10.2. The first-order chi connectivity index (χ1) is 21.7. The van der Waals surface area contributed by atoms with Gasteiger partial charge in [0.1, 0.15) is 24.4 Å². The minimum absolute atomic E-state index is 0.0552. The number of methoxy groups -OCH3 is 1. The molecule has 4 fully saturated rings. The molecule has 11 atom stereocenters. The zero-order valence-electron chi connectivity index (χ0n) is 25.9. The van der Waals surface area contributed by atoms with Gasteiger partial charge >= 0.3 is 5.97 Å². The fraction of sp³-hybridized carbons (Fsp3) is 0.618. The molecule has 2 aromatic rings. The van der Waals surface area contributed by atoms with Crippen molar-refractivity contribution in [3.05, 3.63) is 71.8 Å². The highest BCUT2D eigenvalue weighted by atomic mass is 16.8. The molecule has 4 saturated heterocycles. The fourth-order valence-electron chi connectivity index (χ4n) is 6.82. The lowest BCUT2D eigenvalue weighted by atomic mass is 9.84. The molecule has 4 heterocycles. The molecule has 4 aliphatic heterocycles. The molecule has 0 radical (unpaired) electrons. The zero-order valence-corrected chi connectivity index (χ0v) is 25.9. The van der Waals surface area contributed by atoms with E-state index < -0.39 is 54.5 Å². The van der Waals surface area contributed by atoms with Crippen molar-refractivity contribution < 1.29 is 52.9 Å². The van der Waals surface area contributed by atoms with Gasteiger partial charge in [0, 0.05) is 19.3 Å². The molecule has 4 aliphatic rings. The highest BCUT2D eigenvalue weighted by molar-refractivity contribution is 5.74. The van der Waals surface area contributed by atoms with Gasteiger partial charge in [-0.05, 0) is 25.0 Å². The van der Waals surface area contributed by atoms with Crippen molar-refractivity contribution in [1.82, 2.24) is 0 Å². The van der Waals surface area contributed by atoms with Crippen LogP contribution in [0.15, 0.2) is 60.7 Å². The summed E-state index contributed by atoms with van der Waals surface area (Å²) in [6.45, 7) is 4.89. The number of carbonyl (C=O) groups is 1. The molecule has 0 spiro atoms. The van der Waals surface area contributed by atoms with Gasteiger partial charge in [0.15, 0.2) is 11.9 Å². The van der Waals surface area contributed by atoms with Crippen LogP contribution in [-0.2, 0) is 55.9 Å². The summed E-state index contributed by atoms with van der Waals surface area (Å²) in [5, 5.41) is 20.9. The number of carbonyl (C=O) groups excluding carboxylic acids is 1. The van der Waals surface area contributed by atoms with Gasteiger partial charge in [-0.2, -0.15) is 0 Å². The largest absolute Gasteiger partial charge is 0.467 e. The topological polar surface area (TPSA) is 131 Å². The van der Waals surface area contributed by atoms with Gasteiger partial charge in [-0.15, -0.1) is 0 Å². The van der Waals surface area contributed by atoms with Gasteiger partial charge in [-0.3, -0.25) is 0 Å². The van der Waals surface area contributed by atoms with Gasteiger partial charge in [0.05, 0.1) is 63.6 Å². The van der Waals surface area contributed by atoms with Gasteiger partial charge in [-0.25, -0.2) is 4.79 Å². The van der Waals surface area contributed by atoms with E-state index in [1.165, 1.54) is 0 Å². The van der Waals surface area contributed by atoms with Crippen LogP contribution in [0.5, 0.6) is 0 Å². The van der Waals surface area contributed by atoms with E-state index in [-0.39, 0.29) is 30.8 Å². The van der Waals surface area contributed by atoms with Crippen molar-refractivity contribution in [3.8, 4) is 0 Å². The molecule has 0 saturated carbocycles. The van der Waals surface area contributed by atoms with Crippen LogP contribution in [-0.4, -0.2) is 103 Å². The monoisotopic (exact) mass is 628 g/mol. The van der Waals surface area contributed by atoms with Crippen molar-refractivity contribution in [2.75, 3.05) is 13.7 Å². The van der Waals surface area contributed by atoms with Crippen LogP contribution in [0.4, 0.5) is 0 Å². The van der Waals surface area contributed by atoms with Crippen LogP contribution in [0.1, 0.15) is 44.2 Å². The summed E-state index contributed by atoms with van der Waals surface area (Å²) in [6, 6.07) is 20.0. The lowest BCUT2D eigenvalue weighted by molar-refractivity contribution is -0.301. The summed E-state index contributed by atoms with van der Waals surface area (Å²) in [5.74, 6) is -1.83. The van der Waals surface area contributed by atoms with Crippen molar-refractivity contribution in [3.63, 3.8) is 0 Å². The molecule has 2 N–H and O–H groups in total. The molecule has 246 valence electrons. The summed E-state index contributed by atoms with van der Waals surface area (Å²) >= 11 is 0. The highest BCUT2D eigenvalue weighted by Crippen LogP contribution is 2.45. The second-order valence-corrected chi connectivity index (χ2v) is 12.7. The second kappa shape index (κ2) is 14.1. The van der Waals surface area contributed by atoms with Crippen LogP contribution in [0, 0.1) is 0 Å². The maximum atomic E-state index is 11.9. The summed E-state index contributed by atoms with van der Waals surface area (Å²) in [4.78, 5) is 11.9. The quantitative estimate of drug-likeness (QED) is 0.356. The molecule has 11 nitrogen and oxygen atoms in total. The van der Waals surface area contributed by atoms with Crippen LogP contribution in [0.3, 0.4) is 0 Å². The number of hydrogen-bond acceptors (Lipinski definition) is 11. The van der Waals surface area contributed by atoms with Crippen molar-refractivity contribution in [2.24, 2.45) is 0 Å². The Labute approximate surface area is 263 Å². The highest BCUT2D eigenvalue weighted by Gasteiger charge is 2.59. The van der Waals surface area contributed by atoms with E-state index in [1.54, 1.807) is 0 Å². The van der Waals surface area contributed by atoms with E-state index in [0.29, 0.717) is 32.7 Å². The lowest BCUT2D eigenvalue weighted by Crippen LogP contribution is -2.65. The van der Waals surface area contributed by atoms with Crippen molar-refractivity contribution in [2.45, 2.75) is 119 Å². The van der Waals surface area contributed by atoms with E-state index in [9.17, 15) is 15.0 Å². The van der Waals surface area contributed by atoms with E-state index in [1.807, 2.05) is 74.5 Å². The SMILES string of the molecule is COC(=O)[C@H](O)[C@@H](O)C[C@@H]1O[C@@H]2C[C@@H]3O[C@H](COCc4ccccc4)[C@@H](OCc4ccccc4)C[C@H]3O[C@H]2[C@H]2OC(C)(C)O[C@H]21. The van der Waals surface area contributed by atoms with Crippen LogP contribution >= 0.6 is 0 Å². The third kappa shape index (κ3) is 7.59. The maximum Gasteiger partial charge on any atom is 0.337 e. The molecule has 11 heteroatoms. The van der Waals surface area contributed by atoms with Gasteiger partial charge in [-0.1, -0.05) is 60.7 Å². The average Bonchev–Trinajstić information content (AvgIpc) is 3.38. The van der Waals surface area contributed by atoms with E-state index in [4.69, 9.17) is 33.2 Å². The number of aliphatic hydroxyl groups excluding tert-OH is 2. The molecule has 0 aliphatic carbocycles. The number of fused-ring (bicyclic) bond motifs is 4. The minimum atomic E-state index is -1.71. The second-order valence-electron chi connectivity index (χ2n) is 12.7. The van der Waals surface area contributed by atoms with Crippen molar-refractivity contribution >= 4 is 5.97 Å². The molecule has 0 bridgehead atoms. The first-order valence-corrected chi connectivity index (χ1v) is 15.7. The molecule has 2 aromatic carbocycles. The number of ether oxygens (including phenoxy) is 8. The molecule has 0 unspecified atom stereocenters. The van der Waals surface area contributed by atoms with Gasteiger partial charge in [0.25, 0.3) is 0 Å². The third-order valence-corrected chi connectivity index (χ3v) is 8.99. The zero-order chi connectivity index (χ0) is 31.6. The Morgan fingerprint density at radius 2 is 1.44 bits per heavy atom. The van der Waals surface area contributed by atoms with E-state index in [2.05, 4.69) is 4.74 Å². The maximum absolute atomic E-state index is 11.9. The number of hydrogen-bond donors (Lipinski definition) is 2. The molecule has 6 rings (SSSR count). The summed E-state index contributed by atoms with van der Waals surface area (Å²) in [6.07, 6.45) is -5.78. The van der Waals surface area contributed by atoms with Gasteiger partial charge in [0.2, 0.25) is 0 Å². The van der Waals surface area contributed by atoms with Crippen LogP contribution in [0.25, 0.3) is 0 Å². The Bertz CT molecular complexity index is 1240. The molecule has 45 heavy (non-hydrogen) atoms. The first-order valence-electron chi connectivity index (χ1n) is 15.7.